The molecular weight excluding hydrogens is 308 g/mol. The van der Waals surface area contributed by atoms with Crippen molar-refractivity contribution in [2.45, 2.75) is 0 Å². The van der Waals surface area contributed by atoms with Crippen LogP contribution in [0.15, 0.2) is 52.5 Å². The van der Waals surface area contributed by atoms with Crippen molar-refractivity contribution in [1.82, 2.24) is 14.9 Å². The maximum absolute atomic E-state index is 11.3. The molecule has 22 heavy (non-hydrogen) atoms. The summed E-state index contributed by atoms with van der Waals surface area (Å²) in [7, 11) is 0. The van der Waals surface area contributed by atoms with Crippen LogP contribution >= 0.6 is 11.6 Å². The summed E-state index contributed by atoms with van der Waals surface area (Å²) < 4.78 is 7.00. The van der Waals surface area contributed by atoms with Gasteiger partial charge in [0.05, 0.1) is 11.8 Å². The van der Waals surface area contributed by atoms with E-state index in [1.807, 2.05) is 0 Å². The second-order valence-corrected chi connectivity index (χ2v) is 4.72. The molecule has 1 N–H and O–H groups in total. The number of halogens is 1. The van der Waals surface area contributed by atoms with Gasteiger partial charge in [0.2, 0.25) is 0 Å². The minimum atomic E-state index is -1.05. The topological polar surface area (TPSA) is 93.5 Å². The van der Waals surface area contributed by atoms with E-state index in [9.17, 15) is 9.90 Å². The van der Waals surface area contributed by atoms with Gasteiger partial charge in [0.1, 0.15) is 24.2 Å². The lowest BCUT2D eigenvalue weighted by Crippen LogP contribution is -1.98. The maximum atomic E-state index is 11.3. The van der Waals surface area contributed by atoms with Crippen LogP contribution in [0.2, 0.25) is 5.02 Å². The standard InChI is InChI=1S/C14H9ClN4O3/c15-9-1-3-11(14(20)21)12(5-9)13-4-2-10(22-13)6-18-19-7-16-17-8-19/h1-8H,(H,20,21)/b18-6+. The smallest absolute Gasteiger partial charge is 0.336 e. The van der Waals surface area contributed by atoms with E-state index >= 15 is 0 Å². The van der Waals surface area contributed by atoms with E-state index in [-0.39, 0.29) is 5.56 Å². The summed E-state index contributed by atoms with van der Waals surface area (Å²) in [5.41, 5.74) is 0.519. The Kier molecular flexibility index (Phi) is 3.71. The second-order valence-electron chi connectivity index (χ2n) is 4.28. The van der Waals surface area contributed by atoms with Crippen LogP contribution < -0.4 is 0 Å². The molecule has 0 aliphatic rings. The molecular formula is C14H9ClN4O3. The summed E-state index contributed by atoms with van der Waals surface area (Å²) in [4.78, 5) is 11.3. The highest BCUT2D eigenvalue weighted by molar-refractivity contribution is 6.31. The largest absolute Gasteiger partial charge is 0.478 e. The number of aromatic carboxylic acids is 1. The fourth-order valence-corrected chi connectivity index (χ4v) is 2.02. The number of furan rings is 1. The first-order chi connectivity index (χ1) is 10.6. The van der Waals surface area contributed by atoms with Crippen LogP contribution in [0.3, 0.4) is 0 Å². The number of benzene rings is 1. The molecule has 8 heteroatoms. The summed E-state index contributed by atoms with van der Waals surface area (Å²) in [6.07, 6.45) is 4.33. The number of nitrogens with zero attached hydrogens (tertiary/aromatic N) is 4. The van der Waals surface area contributed by atoms with Gasteiger partial charge in [-0.1, -0.05) is 11.6 Å². The molecule has 7 nitrogen and oxygen atoms in total. The van der Waals surface area contributed by atoms with E-state index < -0.39 is 5.97 Å². The Balaban J connectivity index is 1.94. The van der Waals surface area contributed by atoms with Crippen molar-refractivity contribution >= 4 is 23.8 Å². The van der Waals surface area contributed by atoms with Crippen molar-refractivity contribution in [3.8, 4) is 11.3 Å². The van der Waals surface area contributed by atoms with Crippen molar-refractivity contribution in [2.24, 2.45) is 5.10 Å². The van der Waals surface area contributed by atoms with Crippen LogP contribution in [0.1, 0.15) is 16.1 Å². The molecule has 0 amide bonds. The fourth-order valence-electron chi connectivity index (χ4n) is 1.85. The Labute approximate surface area is 129 Å². The van der Waals surface area contributed by atoms with Crippen LogP contribution in [0.5, 0.6) is 0 Å². The highest BCUT2D eigenvalue weighted by atomic mass is 35.5. The molecule has 0 aliphatic heterocycles. The van der Waals surface area contributed by atoms with E-state index in [1.54, 1.807) is 18.2 Å². The van der Waals surface area contributed by atoms with Crippen LogP contribution in [0.4, 0.5) is 0 Å². The van der Waals surface area contributed by atoms with Crippen LogP contribution in [0.25, 0.3) is 11.3 Å². The van der Waals surface area contributed by atoms with E-state index in [4.69, 9.17) is 16.0 Å². The van der Waals surface area contributed by atoms with Gasteiger partial charge in [-0.25, -0.2) is 9.47 Å². The molecule has 0 fully saturated rings. The third kappa shape index (κ3) is 2.89. The predicted molar refractivity (Wildman–Crippen MR) is 79.1 cm³/mol. The minimum Gasteiger partial charge on any atom is -0.478 e. The Bertz CT molecular complexity index is 840. The average Bonchev–Trinajstić information content (AvgIpc) is 3.16. The number of hydrogen-bond donors (Lipinski definition) is 1. The third-order valence-corrected chi connectivity index (χ3v) is 3.06. The number of carboxylic acids is 1. The van der Waals surface area contributed by atoms with Crippen molar-refractivity contribution in [3.05, 3.63) is 59.3 Å². The molecule has 2 aromatic heterocycles. The van der Waals surface area contributed by atoms with Gasteiger partial charge in [-0.15, -0.1) is 10.2 Å². The third-order valence-electron chi connectivity index (χ3n) is 2.83. The van der Waals surface area contributed by atoms with Gasteiger partial charge in [0.25, 0.3) is 0 Å². The Hall–Kier alpha value is -2.93. The Morgan fingerprint density at radius 2 is 2.05 bits per heavy atom. The quantitative estimate of drug-likeness (QED) is 0.747. The molecule has 0 spiro atoms. The molecule has 0 atom stereocenters. The highest BCUT2D eigenvalue weighted by Gasteiger charge is 2.15. The number of aromatic nitrogens is 3. The zero-order chi connectivity index (χ0) is 15.5. The van der Waals surface area contributed by atoms with Gasteiger partial charge in [0, 0.05) is 10.6 Å². The maximum Gasteiger partial charge on any atom is 0.336 e. The van der Waals surface area contributed by atoms with Gasteiger partial charge in [-0.05, 0) is 30.3 Å². The number of rotatable bonds is 4. The van der Waals surface area contributed by atoms with Crippen LogP contribution in [-0.2, 0) is 0 Å². The average molecular weight is 317 g/mol. The Morgan fingerprint density at radius 3 is 2.77 bits per heavy atom. The molecule has 0 aliphatic carbocycles. The van der Waals surface area contributed by atoms with Crippen molar-refractivity contribution < 1.29 is 14.3 Å². The van der Waals surface area contributed by atoms with E-state index in [0.29, 0.717) is 22.1 Å². The second kappa shape index (κ2) is 5.82. The van der Waals surface area contributed by atoms with Crippen molar-refractivity contribution in [1.29, 1.82) is 0 Å². The lowest BCUT2D eigenvalue weighted by Gasteiger charge is -2.03. The first-order valence-corrected chi connectivity index (χ1v) is 6.53. The first-order valence-electron chi connectivity index (χ1n) is 6.15. The van der Waals surface area contributed by atoms with E-state index in [0.717, 1.165) is 0 Å². The normalized spacial score (nSPS) is 11.1. The van der Waals surface area contributed by atoms with Crippen molar-refractivity contribution in [2.75, 3.05) is 0 Å². The molecule has 1 aromatic carbocycles. The molecule has 2 heterocycles. The molecule has 0 radical (unpaired) electrons. The van der Waals surface area contributed by atoms with Crippen LogP contribution in [0, 0.1) is 0 Å². The lowest BCUT2D eigenvalue weighted by molar-refractivity contribution is 0.0697. The van der Waals surface area contributed by atoms with Gasteiger partial charge >= 0.3 is 5.97 Å². The van der Waals surface area contributed by atoms with Crippen LogP contribution in [-0.4, -0.2) is 32.2 Å². The Morgan fingerprint density at radius 1 is 1.27 bits per heavy atom. The molecule has 3 rings (SSSR count). The first kappa shape index (κ1) is 14.0. The molecule has 110 valence electrons. The molecule has 3 aromatic rings. The zero-order valence-corrected chi connectivity index (χ0v) is 11.8. The number of hydrogen-bond acceptors (Lipinski definition) is 5. The minimum absolute atomic E-state index is 0.112. The SMILES string of the molecule is O=C(O)c1ccc(Cl)cc1-c1ccc(/C=N/n2cnnc2)o1. The summed E-state index contributed by atoms with van der Waals surface area (Å²) in [6.45, 7) is 0. The predicted octanol–water partition coefficient (Wildman–Crippen LogP) is 2.77. The summed E-state index contributed by atoms with van der Waals surface area (Å²) in [5.74, 6) is -0.201. The van der Waals surface area contributed by atoms with Gasteiger partial charge < -0.3 is 9.52 Å². The van der Waals surface area contributed by atoms with Crippen molar-refractivity contribution in [3.63, 3.8) is 0 Å². The highest BCUT2D eigenvalue weighted by Crippen LogP contribution is 2.28. The molecule has 0 unspecified atom stereocenters. The number of carboxylic acid groups (broad SMARTS) is 1. The van der Waals surface area contributed by atoms with Gasteiger partial charge in [0.15, 0.2) is 0 Å². The number of carbonyl (C=O) groups is 1. The van der Waals surface area contributed by atoms with E-state index in [1.165, 1.54) is 35.7 Å². The summed E-state index contributed by atoms with van der Waals surface area (Å²) in [6, 6.07) is 7.84. The molecule has 0 saturated heterocycles. The summed E-state index contributed by atoms with van der Waals surface area (Å²) in [5, 5.41) is 20.9. The molecule has 0 saturated carbocycles. The zero-order valence-electron chi connectivity index (χ0n) is 11.0. The van der Waals surface area contributed by atoms with Gasteiger partial charge in [-0.2, -0.15) is 5.10 Å². The summed E-state index contributed by atoms with van der Waals surface area (Å²) >= 11 is 5.93. The monoisotopic (exact) mass is 316 g/mol. The van der Waals surface area contributed by atoms with Gasteiger partial charge in [-0.3, -0.25) is 0 Å². The van der Waals surface area contributed by atoms with E-state index in [2.05, 4.69) is 15.3 Å². The fraction of sp³-hybridized carbons (Fsp3) is 0. The lowest BCUT2D eigenvalue weighted by atomic mass is 10.1. The molecule has 0 bridgehead atoms.